The van der Waals surface area contributed by atoms with E-state index in [1.165, 1.54) is 12.1 Å². The normalized spacial score (nSPS) is 17.1. The van der Waals surface area contributed by atoms with Gasteiger partial charge in [0, 0.05) is 29.2 Å². The molecule has 7 heteroatoms. The molecule has 0 N–H and O–H groups in total. The van der Waals surface area contributed by atoms with Crippen molar-refractivity contribution in [3.05, 3.63) is 64.8 Å². The first-order valence-electron chi connectivity index (χ1n) is 8.17. The number of carbonyl (C=O) groups is 1. The van der Waals surface area contributed by atoms with Gasteiger partial charge in [0.25, 0.3) is 0 Å². The number of aryl methyl sites for hydroxylation is 1. The van der Waals surface area contributed by atoms with Crippen molar-refractivity contribution in [2.45, 2.75) is 19.3 Å². The standard InChI is InChI=1S/C19H15ClFN3O2/c1-11-5-6-14(20)9-16(11)24-10-13(8-17(24)25)19-22-18(23-26-19)12-3-2-4-15(21)7-12/h2-7,9,13H,8,10H2,1H3. The van der Waals surface area contributed by atoms with Crippen LogP contribution in [0, 0.1) is 12.7 Å². The van der Waals surface area contributed by atoms with Gasteiger partial charge in [-0.05, 0) is 36.8 Å². The van der Waals surface area contributed by atoms with Gasteiger partial charge in [-0.1, -0.05) is 35.0 Å². The van der Waals surface area contributed by atoms with Gasteiger partial charge in [0.1, 0.15) is 5.82 Å². The molecule has 3 aromatic rings. The summed E-state index contributed by atoms with van der Waals surface area (Å²) in [5.41, 5.74) is 2.29. The van der Waals surface area contributed by atoms with E-state index in [1.807, 2.05) is 13.0 Å². The summed E-state index contributed by atoms with van der Waals surface area (Å²) in [6, 6.07) is 11.4. The van der Waals surface area contributed by atoms with E-state index in [2.05, 4.69) is 10.1 Å². The van der Waals surface area contributed by atoms with Crippen LogP contribution in [0.3, 0.4) is 0 Å². The molecule has 1 saturated heterocycles. The second kappa shape index (κ2) is 6.53. The summed E-state index contributed by atoms with van der Waals surface area (Å²) in [7, 11) is 0. The topological polar surface area (TPSA) is 59.2 Å². The minimum absolute atomic E-state index is 0.0223. The van der Waals surface area contributed by atoms with Gasteiger partial charge in [-0.15, -0.1) is 0 Å². The Morgan fingerprint density at radius 3 is 2.92 bits per heavy atom. The first kappa shape index (κ1) is 16.7. The first-order chi connectivity index (χ1) is 12.5. The number of hydrogen-bond acceptors (Lipinski definition) is 4. The summed E-state index contributed by atoms with van der Waals surface area (Å²) in [4.78, 5) is 18.5. The van der Waals surface area contributed by atoms with Crippen molar-refractivity contribution in [2.24, 2.45) is 0 Å². The highest BCUT2D eigenvalue weighted by atomic mass is 35.5. The molecule has 0 bridgehead atoms. The van der Waals surface area contributed by atoms with Gasteiger partial charge in [-0.2, -0.15) is 4.98 Å². The zero-order valence-corrected chi connectivity index (χ0v) is 14.7. The third-order valence-corrected chi connectivity index (χ3v) is 4.70. The Labute approximate surface area is 154 Å². The number of nitrogens with zero attached hydrogens (tertiary/aromatic N) is 3. The van der Waals surface area contributed by atoms with Gasteiger partial charge in [-0.3, -0.25) is 4.79 Å². The third kappa shape index (κ3) is 3.08. The highest BCUT2D eigenvalue weighted by Gasteiger charge is 2.35. The molecule has 5 nitrogen and oxygen atoms in total. The SMILES string of the molecule is Cc1ccc(Cl)cc1N1CC(c2nc(-c3cccc(F)c3)no2)CC1=O. The van der Waals surface area contributed by atoms with Gasteiger partial charge in [-0.25, -0.2) is 4.39 Å². The highest BCUT2D eigenvalue weighted by molar-refractivity contribution is 6.31. The summed E-state index contributed by atoms with van der Waals surface area (Å²) >= 11 is 6.07. The summed E-state index contributed by atoms with van der Waals surface area (Å²) in [6.07, 6.45) is 0.275. The Balaban J connectivity index is 1.59. The van der Waals surface area contributed by atoms with Crippen LogP contribution in [-0.2, 0) is 4.79 Å². The lowest BCUT2D eigenvalue weighted by Crippen LogP contribution is -2.25. The van der Waals surface area contributed by atoms with Gasteiger partial charge < -0.3 is 9.42 Å². The lowest BCUT2D eigenvalue weighted by Gasteiger charge is -2.18. The Hall–Kier alpha value is -2.73. The average Bonchev–Trinajstić information content (AvgIpc) is 3.24. The van der Waals surface area contributed by atoms with Crippen molar-refractivity contribution < 1.29 is 13.7 Å². The molecule has 0 aliphatic carbocycles. The Morgan fingerprint density at radius 2 is 2.12 bits per heavy atom. The summed E-state index contributed by atoms with van der Waals surface area (Å²) in [6.45, 7) is 2.37. The molecule has 0 radical (unpaired) electrons. The molecule has 2 heterocycles. The molecule has 1 fully saturated rings. The second-order valence-electron chi connectivity index (χ2n) is 6.30. The monoisotopic (exact) mass is 371 g/mol. The predicted molar refractivity (Wildman–Crippen MR) is 95.6 cm³/mol. The van der Waals surface area contributed by atoms with Gasteiger partial charge >= 0.3 is 0 Å². The molecular formula is C19H15ClFN3O2. The number of hydrogen-bond donors (Lipinski definition) is 0. The quantitative estimate of drug-likeness (QED) is 0.686. The van der Waals surface area contributed by atoms with Crippen LogP contribution in [0.15, 0.2) is 47.0 Å². The Kier molecular flexibility index (Phi) is 4.20. The fraction of sp³-hybridized carbons (Fsp3) is 0.211. The van der Waals surface area contributed by atoms with Crippen LogP contribution in [0.4, 0.5) is 10.1 Å². The number of anilines is 1. The molecule has 26 heavy (non-hydrogen) atoms. The Morgan fingerprint density at radius 1 is 1.27 bits per heavy atom. The van der Waals surface area contributed by atoms with E-state index in [4.69, 9.17) is 16.1 Å². The van der Waals surface area contributed by atoms with Gasteiger partial charge in [0.15, 0.2) is 0 Å². The van der Waals surface area contributed by atoms with Crippen molar-refractivity contribution in [1.29, 1.82) is 0 Å². The van der Waals surface area contributed by atoms with Crippen molar-refractivity contribution >= 4 is 23.2 Å². The molecule has 1 amide bonds. The molecule has 1 aliphatic rings. The van der Waals surface area contributed by atoms with E-state index in [1.54, 1.807) is 29.2 Å². The number of amides is 1. The van der Waals surface area contributed by atoms with Crippen LogP contribution < -0.4 is 4.90 Å². The first-order valence-corrected chi connectivity index (χ1v) is 8.55. The van der Waals surface area contributed by atoms with Crippen LogP contribution in [0.2, 0.25) is 5.02 Å². The Bertz CT molecular complexity index is 988. The van der Waals surface area contributed by atoms with E-state index in [-0.39, 0.29) is 24.1 Å². The fourth-order valence-electron chi connectivity index (χ4n) is 3.13. The van der Waals surface area contributed by atoms with Crippen molar-refractivity contribution in [3.8, 4) is 11.4 Å². The molecule has 1 atom stereocenters. The maximum atomic E-state index is 13.4. The molecule has 0 spiro atoms. The average molecular weight is 372 g/mol. The third-order valence-electron chi connectivity index (χ3n) is 4.46. The zero-order chi connectivity index (χ0) is 18.3. The summed E-state index contributed by atoms with van der Waals surface area (Å²) in [5.74, 6) is 0.0817. The second-order valence-corrected chi connectivity index (χ2v) is 6.74. The molecule has 2 aromatic carbocycles. The lowest BCUT2D eigenvalue weighted by atomic mass is 10.1. The maximum Gasteiger partial charge on any atom is 0.232 e. The van der Waals surface area contributed by atoms with Gasteiger partial charge in [0.05, 0.1) is 5.92 Å². The van der Waals surface area contributed by atoms with Gasteiger partial charge in [0.2, 0.25) is 17.6 Å². The molecule has 1 aromatic heterocycles. The number of aromatic nitrogens is 2. The molecule has 0 saturated carbocycles. The van der Waals surface area contributed by atoms with E-state index in [9.17, 15) is 9.18 Å². The van der Waals surface area contributed by atoms with Crippen LogP contribution in [0.25, 0.3) is 11.4 Å². The number of rotatable bonds is 3. The summed E-state index contributed by atoms with van der Waals surface area (Å²) < 4.78 is 18.7. The zero-order valence-electron chi connectivity index (χ0n) is 13.9. The van der Waals surface area contributed by atoms with E-state index in [0.717, 1.165) is 11.3 Å². The smallest absolute Gasteiger partial charge is 0.232 e. The van der Waals surface area contributed by atoms with Crippen molar-refractivity contribution in [1.82, 2.24) is 10.1 Å². The summed E-state index contributed by atoms with van der Waals surface area (Å²) in [5, 5.41) is 4.50. The largest absolute Gasteiger partial charge is 0.339 e. The lowest BCUT2D eigenvalue weighted by molar-refractivity contribution is -0.117. The van der Waals surface area contributed by atoms with E-state index < -0.39 is 0 Å². The van der Waals surface area contributed by atoms with Crippen molar-refractivity contribution in [3.63, 3.8) is 0 Å². The molecule has 1 aliphatic heterocycles. The predicted octanol–water partition coefficient (Wildman–Crippen LogP) is 4.36. The van der Waals surface area contributed by atoms with Crippen molar-refractivity contribution in [2.75, 3.05) is 11.4 Å². The fourth-order valence-corrected chi connectivity index (χ4v) is 3.29. The minimum Gasteiger partial charge on any atom is -0.339 e. The number of benzene rings is 2. The number of halogens is 2. The molecule has 132 valence electrons. The van der Waals surface area contributed by atoms with Crippen LogP contribution >= 0.6 is 11.6 Å². The van der Waals surface area contributed by atoms with Crippen LogP contribution in [0.1, 0.15) is 23.8 Å². The minimum atomic E-state index is -0.368. The molecular weight excluding hydrogens is 357 g/mol. The molecule has 4 rings (SSSR count). The number of carbonyl (C=O) groups excluding carboxylic acids is 1. The highest BCUT2D eigenvalue weighted by Crippen LogP contribution is 2.34. The van der Waals surface area contributed by atoms with Crippen LogP contribution in [-0.4, -0.2) is 22.6 Å². The maximum absolute atomic E-state index is 13.4. The van der Waals surface area contributed by atoms with E-state index in [0.29, 0.717) is 28.8 Å². The van der Waals surface area contributed by atoms with Crippen LogP contribution in [0.5, 0.6) is 0 Å². The molecule has 1 unspecified atom stereocenters. The van der Waals surface area contributed by atoms with E-state index >= 15 is 0 Å².